The number of halogens is 1. The van der Waals surface area contributed by atoms with Gasteiger partial charge in [0.2, 0.25) is 5.82 Å². The minimum Gasteiger partial charge on any atom is -0.360 e. The molecule has 1 aromatic heterocycles. The van der Waals surface area contributed by atoms with E-state index in [0.717, 1.165) is 5.56 Å². The van der Waals surface area contributed by atoms with Crippen LogP contribution in [-0.4, -0.2) is 14.7 Å². The van der Waals surface area contributed by atoms with Crippen molar-refractivity contribution >= 4 is 23.1 Å². The highest BCUT2D eigenvalue weighted by atomic mass is 35.5. The number of aryl methyl sites for hydroxylation is 2. The maximum absolute atomic E-state index is 11.0. The van der Waals surface area contributed by atoms with E-state index in [2.05, 4.69) is 10.4 Å². The Balaban J connectivity index is 2.22. The van der Waals surface area contributed by atoms with Crippen LogP contribution in [0.2, 0.25) is 5.02 Å². The van der Waals surface area contributed by atoms with E-state index < -0.39 is 4.92 Å². The molecule has 0 saturated heterocycles. The van der Waals surface area contributed by atoms with Crippen molar-refractivity contribution in [2.75, 3.05) is 5.32 Å². The Labute approximate surface area is 115 Å². The summed E-state index contributed by atoms with van der Waals surface area (Å²) in [6, 6.07) is 7.32. The third-order valence-corrected chi connectivity index (χ3v) is 2.96. The minimum absolute atomic E-state index is 0.00419. The largest absolute Gasteiger partial charge is 0.360 e. The second-order valence-corrected chi connectivity index (χ2v) is 4.58. The second-order valence-electron chi connectivity index (χ2n) is 4.15. The number of nitro groups is 1. The molecular formula is C12H13ClN4O2. The van der Waals surface area contributed by atoms with Crippen LogP contribution in [0.3, 0.4) is 0 Å². The molecule has 6 nitrogen and oxygen atoms in total. The highest BCUT2D eigenvalue weighted by Crippen LogP contribution is 2.27. The third kappa shape index (κ3) is 2.85. The van der Waals surface area contributed by atoms with Gasteiger partial charge in [0.05, 0.1) is 4.92 Å². The summed E-state index contributed by atoms with van der Waals surface area (Å²) in [6.45, 7) is 2.06. The van der Waals surface area contributed by atoms with Crippen LogP contribution in [0, 0.1) is 17.0 Å². The van der Waals surface area contributed by atoms with Crippen LogP contribution in [0.4, 0.5) is 11.5 Å². The second kappa shape index (κ2) is 5.27. The molecule has 1 N–H and O–H groups in total. The fraction of sp³-hybridized carbons (Fsp3) is 0.250. The van der Waals surface area contributed by atoms with Gasteiger partial charge >= 0.3 is 5.69 Å². The molecule has 19 heavy (non-hydrogen) atoms. The summed E-state index contributed by atoms with van der Waals surface area (Å²) in [5.41, 5.74) is 1.34. The number of anilines is 1. The van der Waals surface area contributed by atoms with Crippen molar-refractivity contribution < 1.29 is 4.92 Å². The van der Waals surface area contributed by atoms with Gasteiger partial charge in [-0.25, -0.2) is 4.68 Å². The molecule has 1 aromatic carbocycles. The first-order chi connectivity index (χ1) is 8.99. The highest BCUT2D eigenvalue weighted by molar-refractivity contribution is 6.30. The number of nitrogens with zero attached hydrogens (tertiary/aromatic N) is 3. The molecule has 1 heterocycles. The van der Waals surface area contributed by atoms with E-state index in [9.17, 15) is 10.1 Å². The SMILES string of the molecule is Cc1nn(C)c(NCc2cccc(Cl)c2)c1[N+](=O)[O-]. The fourth-order valence-corrected chi connectivity index (χ4v) is 2.11. The number of hydrogen-bond donors (Lipinski definition) is 1. The predicted octanol–water partition coefficient (Wildman–Crippen LogP) is 2.90. The first kappa shape index (κ1) is 13.4. The van der Waals surface area contributed by atoms with E-state index in [0.29, 0.717) is 23.1 Å². The zero-order valence-electron chi connectivity index (χ0n) is 10.6. The normalized spacial score (nSPS) is 10.5. The molecule has 0 bridgehead atoms. The van der Waals surface area contributed by atoms with Crippen molar-refractivity contribution in [2.24, 2.45) is 7.05 Å². The lowest BCUT2D eigenvalue weighted by molar-refractivity contribution is -0.384. The molecule has 0 atom stereocenters. The molecule has 0 saturated carbocycles. The molecule has 0 amide bonds. The summed E-state index contributed by atoms with van der Waals surface area (Å²) in [5, 5.41) is 18.7. The van der Waals surface area contributed by atoms with Gasteiger partial charge in [-0.3, -0.25) is 10.1 Å². The Morgan fingerprint density at radius 1 is 1.53 bits per heavy atom. The molecule has 0 spiro atoms. The highest BCUT2D eigenvalue weighted by Gasteiger charge is 2.23. The van der Waals surface area contributed by atoms with E-state index in [1.54, 1.807) is 20.0 Å². The van der Waals surface area contributed by atoms with Gasteiger partial charge in [0.25, 0.3) is 0 Å². The molecular weight excluding hydrogens is 268 g/mol. The fourth-order valence-electron chi connectivity index (χ4n) is 1.90. The molecule has 0 unspecified atom stereocenters. The van der Waals surface area contributed by atoms with Gasteiger partial charge in [0, 0.05) is 18.6 Å². The van der Waals surface area contributed by atoms with Gasteiger partial charge in [-0.1, -0.05) is 23.7 Å². The Morgan fingerprint density at radius 3 is 2.89 bits per heavy atom. The van der Waals surface area contributed by atoms with Crippen LogP contribution < -0.4 is 5.32 Å². The third-order valence-electron chi connectivity index (χ3n) is 2.72. The van der Waals surface area contributed by atoms with Crippen molar-refractivity contribution in [3.05, 3.63) is 50.7 Å². The molecule has 2 aromatic rings. The van der Waals surface area contributed by atoms with Crippen LogP contribution in [0.1, 0.15) is 11.3 Å². The Hall–Kier alpha value is -2.08. The van der Waals surface area contributed by atoms with E-state index in [-0.39, 0.29) is 5.69 Å². The molecule has 0 radical (unpaired) electrons. The number of benzene rings is 1. The van der Waals surface area contributed by atoms with Crippen LogP contribution in [0.5, 0.6) is 0 Å². The van der Waals surface area contributed by atoms with Crippen molar-refractivity contribution in [2.45, 2.75) is 13.5 Å². The van der Waals surface area contributed by atoms with Crippen molar-refractivity contribution in [3.8, 4) is 0 Å². The van der Waals surface area contributed by atoms with Gasteiger partial charge in [-0.15, -0.1) is 0 Å². The first-order valence-electron chi connectivity index (χ1n) is 5.65. The molecule has 2 rings (SSSR count). The van der Waals surface area contributed by atoms with Crippen LogP contribution in [0.25, 0.3) is 0 Å². The summed E-state index contributed by atoms with van der Waals surface area (Å²) in [6.07, 6.45) is 0. The number of hydrogen-bond acceptors (Lipinski definition) is 4. The topological polar surface area (TPSA) is 73.0 Å². The van der Waals surface area contributed by atoms with Crippen molar-refractivity contribution in [3.63, 3.8) is 0 Å². The maximum Gasteiger partial charge on any atom is 0.333 e. The number of rotatable bonds is 4. The van der Waals surface area contributed by atoms with Crippen LogP contribution >= 0.6 is 11.6 Å². The molecule has 0 aliphatic carbocycles. The Kier molecular flexibility index (Phi) is 3.71. The summed E-state index contributed by atoms with van der Waals surface area (Å²) < 4.78 is 1.47. The van der Waals surface area contributed by atoms with Crippen LogP contribution in [0.15, 0.2) is 24.3 Å². The van der Waals surface area contributed by atoms with Crippen molar-refractivity contribution in [1.82, 2.24) is 9.78 Å². The number of aromatic nitrogens is 2. The summed E-state index contributed by atoms with van der Waals surface area (Å²) >= 11 is 5.89. The van der Waals surface area contributed by atoms with Crippen molar-refractivity contribution in [1.29, 1.82) is 0 Å². The van der Waals surface area contributed by atoms with E-state index in [1.165, 1.54) is 4.68 Å². The Bertz CT molecular complexity index is 624. The summed E-state index contributed by atoms with van der Waals surface area (Å²) in [7, 11) is 1.67. The maximum atomic E-state index is 11.0. The molecule has 0 fully saturated rings. The minimum atomic E-state index is -0.428. The lowest BCUT2D eigenvalue weighted by Gasteiger charge is -2.06. The van der Waals surface area contributed by atoms with Gasteiger partial charge < -0.3 is 5.32 Å². The average molecular weight is 281 g/mol. The smallest absolute Gasteiger partial charge is 0.333 e. The zero-order valence-corrected chi connectivity index (χ0v) is 11.3. The standard InChI is InChI=1S/C12H13ClN4O2/c1-8-11(17(18)19)12(16(2)15-8)14-7-9-4-3-5-10(13)6-9/h3-6,14H,7H2,1-2H3. The molecule has 0 aliphatic rings. The molecule has 7 heteroatoms. The lowest BCUT2D eigenvalue weighted by atomic mass is 10.2. The Morgan fingerprint density at radius 2 is 2.26 bits per heavy atom. The predicted molar refractivity (Wildman–Crippen MR) is 73.4 cm³/mol. The quantitative estimate of drug-likeness (QED) is 0.690. The summed E-state index contributed by atoms with van der Waals surface area (Å²) in [5.74, 6) is 0.391. The van der Waals surface area contributed by atoms with E-state index in [1.807, 2.05) is 18.2 Å². The molecule has 100 valence electrons. The van der Waals surface area contributed by atoms with Crippen LogP contribution in [-0.2, 0) is 13.6 Å². The van der Waals surface area contributed by atoms with Gasteiger partial charge in [-0.05, 0) is 24.6 Å². The van der Waals surface area contributed by atoms with Gasteiger partial charge in [0.15, 0.2) is 0 Å². The van der Waals surface area contributed by atoms with Gasteiger partial charge in [0.1, 0.15) is 5.69 Å². The average Bonchev–Trinajstić information content (AvgIpc) is 2.61. The zero-order chi connectivity index (χ0) is 14.0. The summed E-state index contributed by atoms with van der Waals surface area (Å²) in [4.78, 5) is 10.6. The van der Waals surface area contributed by atoms with Gasteiger partial charge in [-0.2, -0.15) is 5.10 Å². The molecule has 0 aliphatic heterocycles. The van der Waals surface area contributed by atoms with E-state index in [4.69, 9.17) is 11.6 Å². The van der Waals surface area contributed by atoms with E-state index >= 15 is 0 Å². The number of nitrogens with one attached hydrogen (secondary N) is 1. The monoisotopic (exact) mass is 280 g/mol. The first-order valence-corrected chi connectivity index (χ1v) is 6.03. The lowest BCUT2D eigenvalue weighted by Crippen LogP contribution is -2.06.